The van der Waals surface area contributed by atoms with Gasteiger partial charge in [0.1, 0.15) is 0 Å². The van der Waals surface area contributed by atoms with Gasteiger partial charge in [0.05, 0.1) is 18.1 Å². The number of aromatic nitrogens is 1. The third-order valence-corrected chi connectivity index (χ3v) is 2.52. The van der Waals surface area contributed by atoms with Crippen molar-refractivity contribution >= 4 is 0 Å². The van der Waals surface area contributed by atoms with Crippen LogP contribution in [-0.2, 0) is 6.42 Å². The van der Waals surface area contributed by atoms with Gasteiger partial charge in [-0.05, 0) is 11.1 Å². The van der Waals surface area contributed by atoms with Crippen LogP contribution in [0.3, 0.4) is 0 Å². The average molecular weight is 266 g/mol. The number of halogens is 4. The molecule has 2 rings (SSSR count). The van der Waals surface area contributed by atoms with Crippen LogP contribution in [0.5, 0.6) is 0 Å². The van der Waals surface area contributed by atoms with Crippen LogP contribution >= 0.6 is 0 Å². The smallest absolute Gasteiger partial charge is 0.201 e. The molecule has 0 bridgehead atoms. The Labute approximate surface area is 105 Å². The summed E-state index contributed by atoms with van der Waals surface area (Å²) in [5.74, 6) is -6.50. The predicted molar refractivity (Wildman–Crippen MR) is 58.8 cm³/mol. The highest BCUT2D eigenvalue weighted by Gasteiger charge is 2.21. The zero-order chi connectivity index (χ0) is 14.0. The molecular weight excluding hydrogens is 260 g/mol. The van der Waals surface area contributed by atoms with E-state index in [0.29, 0.717) is 5.56 Å². The van der Waals surface area contributed by atoms with E-state index in [-0.39, 0.29) is 12.0 Å². The van der Waals surface area contributed by atoms with Crippen molar-refractivity contribution in [2.45, 2.75) is 6.42 Å². The Morgan fingerprint density at radius 1 is 0.947 bits per heavy atom. The molecule has 6 heteroatoms. The second kappa shape index (κ2) is 5.06. The van der Waals surface area contributed by atoms with E-state index in [1.807, 2.05) is 6.07 Å². The summed E-state index contributed by atoms with van der Waals surface area (Å²) >= 11 is 0. The van der Waals surface area contributed by atoms with Crippen molar-refractivity contribution < 1.29 is 17.6 Å². The van der Waals surface area contributed by atoms with E-state index >= 15 is 0 Å². The van der Waals surface area contributed by atoms with Crippen molar-refractivity contribution in [1.82, 2.24) is 4.98 Å². The molecule has 0 spiro atoms. The number of pyridine rings is 1. The van der Waals surface area contributed by atoms with E-state index in [0.717, 1.165) is 0 Å². The molecule has 2 nitrogen and oxygen atoms in total. The molecule has 0 saturated heterocycles. The quantitative estimate of drug-likeness (QED) is 0.617. The van der Waals surface area contributed by atoms with Crippen LogP contribution < -0.4 is 0 Å². The van der Waals surface area contributed by atoms with Crippen LogP contribution in [0.25, 0.3) is 11.1 Å². The third kappa shape index (κ3) is 2.40. The lowest BCUT2D eigenvalue weighted by atomic mass is 10.0. The van der Waals surface area contributed by atoms with E-state index in [9.17, 15) is 17.6 Å². The second-order valence-electron chi connectivity index (χ2n) is 3.73. The molecule has 96 valence electrons. The summed E-state index contributed by atoms with van der Waals surface area (Å²) in [6.45, 7) is 0. The molecule has 0 aliphatic rings. The molecule has 0 fully saturated rings. The Balaban J connectivity index is 2.56. The lowest BCUT2D eigenvalue weighted by Crippen LogP contribution is -2.02. The zero-order valence-corrected chi connectivity index (χ0v) is 9.42. The minimum Gasteiger partial charge on any atom is -0.201 e. The molecule has 0 aliphatic carbocycles. The third-order valence-electron chi connectivity index (χ3n) is 2.52. The lowest BCUT2D eigenvalue weighted by molar-refractivity contribution is 0.410. The first-order valence-electron chi connectivity index (χ1n) is 5.21. The van der Waals surface area contributed by atoms with E-state index < -0.39 is 29.1 Å². The highest BCUT2D eigenvalue weighted by Crippen LogP contribution is 2.28. The van der Waals surface area contributed by atoms with Gasteiger partial charge in [0.25, 0.3) is 11.9 Å². The number of nitrogens with zero attached hydrogens (tertiary/aromatic N) is 2. The molecule has 19 heavy (non-hydrogen) atoms. The highest BCUT2D eigenvalue weighted by molar-refractivity contribution is 5.64. The van der Waals surface area contributed by atoms with Gasteiger partial charge in [0.2, 0.25) is 0 Å². The fourth-order valence-electron chi connectivity index (χ4n) is 1.62. The first kappa shape index (κ1) is 13.0. The van der Waals surface area contributed by atoms with Crippen molar-refractivity contribution in [3.05, 3.63) is 53.4 Å². The lowest BCUT2D eigenvalue weighted by Gasteiger charge is -2.06. The van der Waals surface area contributed by atoms with Crippen LogP contribution in [0.1, 0.15) is 5.56 Å². The number of rotatable bonds is 2. The molecular formula is C13H6F4N2. The van der Waals surface area contributed by atoms with Crippen molar-refractivity contribution in [1.29, 1.82) is 5.26 Å². The fourth-order valence-corrected chi connectivity index (χ4v) is 1.62. The van der Waals surface area contributed by atoms with Crippen LogP contribution in [0.15, 0.2) is 24.3 Å². The monoisotopic (exact) mass is 266 g/mol. The summed E-state index contributed by atoms with van der Waals surface area (Å²) in [7, 11) is 0. The SMILES string of the molecule is N#CCc1ccc(-c2c(F)c(F)nc(F)c2F)cc1. The molecule has 0 N–H and O–H groups in total. The van der Waals surface area contributed by atoms with Gasteiger partial charge >= 0.3 is 0 Å². The molecule has 1 heterocycles. The van der Waals surface area contributed by atoms with E-state index in [1.165, 1.54) is 24.3 Å². The number of hydrogen-bond acceptors (Lipinski definition) is 2. The molecule has 0 aliphatic heterocycles. The van der Waals surface area contributed by atoms with Crippen molar-refractivity contribution in [2.75, 3.05) is 0 Å². The first-order chi connectivity index (χ1) is 9.04. The Morgan fingerprint density at radius 2 is 1.47 bits per heavy atom. The molecule has 0 unspecified atom stereocenters. The van der Waals surface area contributed by atoms with E-state index in [2.05, 4.69) is 4.98 Å². The summed E-state index contributed by atoms with van der Waals surface area (Å²) in [5.41, 5.74) is -0.215. The van der Waals surface area contributed by atoms with Crippen molar-refractivity contribution in [3.8, 4) is 17.2 Å². The maximum absolute atomic E-state index is 13.5. The summed E-state index contributed by atoms with van der Waals surface area (Å²) in [6.07, 6.45) is 0.129. The summed E-state index contributed by atoms with van der Waals surface area (Å²) in [5, 5.41) is 8.49. The normalized spacial score (nSPS) is 10.3. The maximum Gasteiger partial charge on any atom is 0.252 e. The van der Waals surface area contributed by atoms with Crippen LogP contribution in [0.2, 0.25) is 0 Å². The molecule has 0 saturated carbocycles. The maximum atomic E-state index is 13.5. The minimum absolute atomic E-state index is 0.0307. The van der Waals surface area contributed by atoms with Gasteiger partial charge in [-0.25, -0.2) is 8.78 Å². The first-order valence-corrected chi connectivity index (χ1v) is 5.21. The van der Waals surface area contributed by atoms with Gasteiger partial charge < -0.3 is 0 Å². The van der Waals surface area contributed by atoms with Crippen LogP contribution in [0.4, 0.5) is 17.6 Å². The topological polar surface area (TPSA) is 36.7 Å². The Kier molecular flexibility index (Phi) is 3.47. The van der Waals surface area contributed by atoms with Gasteiger partial charge in [0.15, 0.2) is 11.6 Å². The van der Waals surface area contributed by atoms with Crippen molar-refractivity contribution in [3.63, 3.8) is 0 Å². The summed E-state index contributed by atoms with van der Waals surface area (Å²) in [4.78, 5) is 2.48. The molecule has 2 aromatic rings. The standard InChI is InChI=1S/C13H6F4N2/c14-10-9(11(15)13(17)19-12(10)16)8-3-1-7(2-4-8)5-6-18/h1-4H,5H2. The molecule has 1 aromatic heterocycles. The highest BCUT2D eigenvalue weighted by atomic mass is 19.2. The van der Waals surface area contributed by atoms with Gasteiger partial charge in [0, 0.05) is 0 Å². The van der Waals surface area contributed by atoms with E-state index in [1.54, 1.807) is 0 Å². The fraction of sp³-hybridized carbons (Fsp3) is 0.0769. The summed E-state index contributed by atoms with van der Waals surface area (Å²) < 4.78 is 52.9. The Bertz CT molecular complexity index is 634. The van der Waals surface area contributed by atoms with Gasteiger partial charge in [-0.2, -0.15) is 19.0 Å². The molecule has 0 amide bonds. The average Bonchev–Trinajstić information content (AvgIpc) is 2.39. The molecule has 0 radical (unpaired) electrons. The Morgan fingerprint density at radius 3 is 1.95 bits per heavy atom. The van der Waals surface area contributed by atoms with Gasteiger partial charge in [-0.3, -0.25) is 0 Å². The molecule has 0 atom stereocenters. The predicted octanol–water partition coefficient (Wildman–Crippen LogP) is 3.37. The largest absolute Gasteiger partial charge is 0.252 e. The summed E-state index contributed by atoms with van der Waals surface area (Å²) in [6, 6.07) is 7.38. The molecule has 1 aromatic carbocycles. The number of hydrogen-bond donors (Lipinski definition) is 0. The zero-order valence-electron chi connectivity index (χ0n) is 9.42. The second-order valence-corrected chi connectivity index (χ2v) is 3.73. The van der Waals surface area contributed by atoms with Gasteiger partial charge in [-0.15, -0.1) is 0 Å². The Hall–Kier alpha value is -2.42. The number of benzene rings is 1. The van der Waals surface area contributed by atoms with Crippen LogP contribution in [-0.4, -0.2) is 4.98 Å². The van der Waals surface area contributed by atoms with Crippen molar-refractivity contribution in [2.24, 2.45) is 0 Å². The van der Waals surface area contributed by atoms with Gasteiger partial charge in [-0.1, -0.05) is 24.3 Å². The van der Waals surface area contributed by atoms with E-state index in [4.69, 9.17) is 5.26 Å². The van der Waals surface area contributed by atoms with Crippen LogP contribution in [0, 0.1) is 34.9 Å². The minimum atomic E-state index is -1.70. The number of nitriles is 1.